The van der Waals surface area contributed by atoms with Crippen molar-refractivity contribution >= 4 is 0 Å². The van der Waals surface area contributed by atoms with Crippen molar-refractivity contribution < 1.29 is 4.74 Å². The molecule has 0 radical (unpaired) electrons. The molecule has 0 saturated carbocycles. The van der Waals surface area contributed by atoms with Gasteiger partial charge in [0.25, 0.3) is 0 Å². The van der Waals surface area contributed by atoms with E-state index in [1.807, 2.05) is 30.3 Å². The van der Waals surface area contributed by atoms with Gasteiger partial charge in [0.1, 0.15) is 5.75 Å². The lowest BCUT2D eigenvalue weighted by Crippen LogP contribution is -2.53. The normalized spacial score (nSPS) is 20.7. The second kappa shape index (κ2) is 7.51. The van der Waals surface area contributed by atoms with Crippen LogP contribution in [0, 0.1) is 5.92 Å². The first-order chi connectivity index (χ1) is 9.25. The maximum atomic E-state index is 5.73. The molecular formula is C16H26N2O. The lowest BCUT2D eigenvalue weighted by Gasteiger charge is -2.35. The van der Waals surface area contributed by atoms with Crippen molar-refractivity contribution in [1.29, 1.82) is 0 Å². The SMILES string of the molecule is CC(C)C1CN(CCCOc2ccccc2)CCN1. The van der Waals surface area contributed by atoms with Crippen LogP contribution in [0.15, 0.2) is 30.3 Å². The van der Waals surface area contributed by atoms with E-state index >= 15 is 0 Å². The lowest BCUT2D eigenvalue weighted by molar-refractivity contribution is 0.163. The van der Waals surface area contributed by atoms with Crippen molar-refractivity contribution in [3.8, 4) is 5.75 Å². The molecule has 106 valence electrons. The van der Waals surface area contributed by atoms with Gasteiger partial charge in [0.2, 0.25) is 0 Å². The van der Waals surface area contributed by atoms with Crippen LogP contribution in [-0.2, 0) is 0 Å². The number of benzene rings is 1. The van der Waals surface area contributed by atoms with Crippen LogP contribution in [0.2, 0.25) is 0 Å². The Hall–Kier alpha value is -1.06. The van der Waals surface area contributed by atoms with Crippen LogP contribution in [0.1, 0.15) is 20.3 Å². The molecule has 1 heterocycles. The Morgan fingerprint density at radius 2 is 2.11 bits per heavy atom. The smallest absolute Gasteiger partial charge is 0.119 e. The van der Waals surface area contributed by atoms with Crippen LogP contribution >= 0.6 is 0 Å². The minimum absolute atomic E-state index is 0.642. The van der Waals surface area contributed by atoms with Crippen LogP contribution < -0.4 is 10.1 Å². The molecule has 0 spiro atoms. The molecule has 2 rings (SSSR count). The quantitative estimate of drug-likeness (QED) is 0.797. The van der Waals surface area contributed by atoms with Gasteiger partial charge in [-0.15, -0.1) is 0 Å². The van der Waals surface area contributed by atoms with E-state index in [4.69, 9.17) is 4.74 Å². The first kappa shape index (κ1) is 14.4. The van der Waals surface area contributed by atoms with E-state index in [1.165, 1.54) is 6.54 Å². The average molecular weight is 262 g/mol. The minimum atomic E-state index is 0.642. The highest BCUT2D eigenvalue weighted by Crippen LogP contribution is 2.10. The fraction of sp³-hybridized carbons (Fsp3) is 0.625. The van der Waals surface area contributed by atoms with Crippen molar-refractivity contribution in [2.75, 3.05) is 32.8 Å². The van der Waals surface area contributed by atoms with Crippen LogP contribution in [0.4, 0.5) is 0 Å². The molecule has 1 unspecified atom stereocenters. The summed E-state index contributed by atoms with van der Waals surface area (Å²) in [5, 5.41) is 3.59. The Morgan fingerprint density at radius 3 is 2.84 bits per heavy atom. The third kappa shape index (κ3) is 4.84. The maximum Gasteiger partial charge on any atom is 0.119 e. The van der Waals surface area contributed by atoms with Gasteiger partial charge in [0.05, 0.1) is 6.61 Å². The lowest BCUT2D eigenvalue weighted by atomic mass is 10.0. The molecule has 1 fully saturated rings. The van der Waals surface area contributed by atoms with Crippen LogP contribution in [0.25, 0.3) is 0 Å². The molecule has 0 aliphatic carbocycles. The van der Waals surface area contributed by atoms with Gasteiger partial charge < -0.3 is 15.0 Å². The van der Waals surface area contributed by atoms with E-state index < -0.39 is 0 Å². The maximum absolute atomic E-state index is 5.73. The van der Waals surface area contributed by atoms with Gasteiger partial charge in [0, 0.05) is 32.2 Å². The van der Waals surface area contributed by atoms with E-state index in [0.717, 1.165) is 38.4 Å². The number of hydrogen-bond acceptors (Lipinski definition) is 3. The van der Waals surface area contributed by atoms with E-state index in [1.54, 1.807) is 0 Å². The standard InChI is InChI=1S/C16H26N2O/c1-14(2)16-13-18(11-9-17-16)10-6-12-19-15-7-4-3-5-8-15/h3-5,7-8,14,16-17H,6,9-13H2,1-2H3. The topological polar surface area (TPSA) is 24.5 Å². The second-order valence-electron chi connectivity index (χ2n) is 5.62. The van der Waals surface area contributed by atoms with Crippen LogP contribution in [0.3, 0.4) is 0 Å². The van der Waals surface area contributed by atoms with Gasteiger partial charge in [-0.1, -0.05) is 32.0 Å². The zero-order valence-electron chi connectivity index (χ0n) is 12.1. The summed E-state index contributed by atoms with van der Waals surface area (Å²) in [6.45, 7) is 9.97. The fourth-order valence-corrected chi connectivity index (χ4v) is 2.49. The molecule has 0 aromatic heterocycles. The molecule has 1 aromatic carbocycles. The zero-order chi connectivity index (χ0) is 13.5. The molecule has 19 heavy (non-hydrogen) atoms. The van der Waals surface area contributed by atoms with Crippen LogP contribution in [0.5, 0.6) is 5.75 Å². The summed E-state index contributed by atoms with van der Waals surface area (Å²) in [6, 6.07) is 10.7. The van der Waals surface area contributed by atoms with E-state index in [0.29, 0.717) is 12.0 Å². The third-order valence-electron chi connectivity index (χ3n) is 3.72. The minimum Gasteiger partial charge on any atom is -0.494 e. The number of hydrogen-bond donors (Lipinski definition) is 1. The molecule has 1 atom stereocenters. The number of rotatable bonds is 6. The highest BCUT2D eigenvalue weighted by molar-refractivity contribution is 5.20. The molecular weight excluding hydrogens is 236 g/mol. The van der Waals surface area contributed by atoms with Crippen molar-refractivity contribution in [1.82, 2.24) is 10.2 Å². The Morgan fingerprint density at radius 1 is 1.32 bits per heavy atom. The largest absolute Gasteiger partial charge is 0.494 e. The highest BCUT2D eigenvalue weighted by Gasteiger charge is 2.20. The molecule has 1 saturated heterocycles. The molecule has 0 amide bonds. The predicted octanol–water partition coefficient (Wildman–Crippen LogP) is 2.39. The van der Waals surface area contributed by atoms with Gasteiger partial charge in [-0.05, 0) is 24.5 Å². The van der Waals surface area contributed by atoms with Crippen LogP contribution in [-0.4, -0.2) is 43.7 Å². The number of ether oxygens (including phenoxy) is 1. The number of nitrogens with zero attached hydrogens (tertiary/aromatic N) is 1. The molecule has 0 bridgehead atoms. The summed E-state index contributed by atoms with van der Waals surface area (Å²) < 4.78 is 5.73. The molecule has 1 N–H and O–H groups in total. The first-order valence-corrected chi connectivity index (χ1v) is 7.39. The van der Waals surface area contributed by atoms with Gasteiger partial charge in [0.15, 0.2) is 0 Å². The van der Waals surface area contributed by atoms with Gasteiger partial charge in [-0.25, -0.2) is 0 Å². The monoisotopic (exact) mass is 262 g/mol. The van der Waals surface area contributed by atoms with Crippen molar-refractivity contribution in [3.05, 3.63) is 30.3 Å². The predicted molar refractivity (Wildman–Crippen MR) is 79.6 cm³/mol. The van der Waals surface area contributed by atoms with E-state index in [-0.39, 0.29) is 0 Å². The molecule has 1 aliphatic heterocycles. The summed E-state index contributed by atoms with van der Waals surface area (Å²) in [5.41, 5.74) is 0. The van der Waals surface area contributed by atoms with E-state index in [9.17, 15) is 0 Å². The van der Waals surface area contributed by atoms with Crippen molar-refractivity contribution in [2.45, 2.75) is 26.3 Å². The molecule has 1 aliphatic rings. The summed E-state index contributed by atoms with van der Waals surface area (Å²) in [4.78, 5) is 2.55. The number of piperazine rings is 1. The van der Waals surface area contributed by atoms with E-state index in [2.05, 4.69) is 24.1 Å². The Labute approximate surface area is 116 Å². The number of nitrogens with one attached hydrogen (secondary N) is 1. The van der Waals surface area contributed by atoms with Gasteiger partial charge in [-0.3, -0.25) is 0 Å². The van der Waals surface area contributed by atoms with Crippen molar-refractivity contribution in [2.24, 2.45) is 5.92 Å². The Kier molecular flexibility index (Phi) is 5.67. The zero-order valence-corrected chi connectivity index (χ0v) is 12.1. The van der Waals surface area contributed by atoms with Gasteiger partial charge in [-0.2, -0.15) is 0 Å². The summed E-state index contributed by atoms with van der Waals surface area (Å²) in [6.07, 6.45) is 1.10. The Bertz CT molecular complexity index is 353. The number of para-hydroxylation sites is 1. The van der Waals surface area contributed by atoms with Gasteiger partial charge >= 0.3 is 0 Å². The summed E-state index contributed by atoms with van der Waals surface area (Å²) >= 11 is 0. The average Bonchev–Trinajstić information content (AvgIpc) is 2.45. The highest BCUT2D eigenvalue weighted by atomic mass is 16.5. The van der Waals surface area contributed by atoms with Crippen molar-refractivity contribution in [3.63, 3.8) is 0 Å². The molecule has 3 heteroatoms. The Balaban J connectivity index is 1.63. The molecule has 3 nitrogen and oxygen atoms in total. The summed E-state index contributed by atoms with van der Waals surface area (Å²) in [7, 11) is 0. The fourth-order valence-electron chi connectivity index (χ4n) is 2.49. The second-order valence-corrected chi connectivity index (χ2v) is 5.62. The third-order valence-corrected chi connectivity index (χ3v) is 3.72. The summed E-state index contributed by atoms with van der Waals surface area (Å²) in [5.74, 6) is 1.69. The first-order valence-electron chi connectivity index (χ1n) is 7.39. The molecule has 1 aromatic rings.